The maximum Gasteiger partial charge on any atom is 0.310 e. The summed E-state index contributed by atoms with van der Waals surface area (Å²) in [6, 6.07) is 11.7. The van der Waals surface area contributed by atoms with Crippen LogP contribution in [0.3, 0.4) is 0 Å². The molecule has 3 aromatic rings. The minimum Gasteiger partial charge on any atom is -0.508 e. The van der Waals surface area contributed by atoms with Gasteiger partial charge in [-0.2, -0.15) is 0 Å². The van der Waals surface area contributed by atoms with Crippen LogP contribution in [0.5, 0.6) is 11.5 Å². The number of carbonyl (C=O) groups excluding carboxylic acids is 2. The molecule has 0 saturated heterocycles. The van der Waals surface area contributed by atoms with Crippen LogP contribution in [0.4, 0.5) is 5.69 Å². The summed E-state index contributed by atoms with van der Waals surface area (Å²) in [6.07, 6.45) is 1.39. The number of para-hydroxylation sites is 2. The Hall–Kier alpha value is -3.48. The molecule has 2 N–H and O–H groups in total. The molecule has 0 aliphatic heterocycles. The van der Waals surface area contributed by atoms with Crippen LogP contribution in [0.15, 0.2) is 53.1 Å². The molecule has 0 aliphatic rings. The Morgan fingerprint density at radius 1 is 1.19 bits per heavy atom. The zero-order chi connectivity index (χ0) is 19.2. The van der Waals surface area contributed by atoms with E-state index in [9.17, 15) is 14.7 Å². The number of benzene rings is 2. The Morgan fingerprint density at radius 3 is 2.81 bits per heavy atom. The molecule has 0 aliphatic carbocycles. The number of hydrogen-bond donors (Lipinski definition) is 2. The van der Waals surface area contributed by atoms with Crippen molar-refractivity contribution in [3.05, 3.63) is 54.3 Å². The standard InChI is InChI=1S/C20H19NO6/c1-2-25-17-6-4-3-5-16(17)21-19(23)12-27-20(24)9-13-11-26-18-10-14(22)7-8-15(13)18/h3-8,10-11,22H,2,9,12H2,1H3,(H,21,23). The van der Waals surface area contributed by atoms with Crippen molar-refractivity contribution in [1.82, 2.24) is 0 Å². The summed E-state index contributed by atoms with van der Waals surface area (Å²) in [7, 11) is 0. The van der Waals surface area contributed by atoms with E-state index < -0.39 is 18.5 Å². The molecule has 27 heavy (non-hydrogen) atoms. The number of hydrogen-bond acceptors (Lipinski definition) is 6. The summed E-state index contributed by atoms with van der Waals surface area (Å²) in [5.74, 6) is -0.390. The second-order valence-corrected chi connectivity index (χ2v) is 5.76. The van der Waals surface area contributed by atoms with Gasteiger partial charge in [0.15, 0.2) is 6.61 Å². The molecular weight excluding hydrogens is 350 g/mol. The van der Waals surface area contributed by atoms with Gasteiger partial charge < -0.3 is 24.3 Å². The maximum atomic E-state index is 12.0. The number of furan rings is 1. The topological polar surface area (TPSA) is 98.0 Å². The second kappa shape index (κ2) is 8.27. The number of rotatable bonds is 7. The number of esters is 1. The molecule has 140 valence electrons. The smallest absolute Gasteiger partial charge is 0.310 e. The van der Waals surface area contributed by atoms with Gasteiger partial charge in [0.1, 0.15) is 17.1 Å². The number of ether oxygens (including phenoxy) is 2. The van der Waals surface area contributed by atoms with Crippen LogP contribution in [-0.4, -0.2) is 30.2 Å². The lowest BCUT2D eigenvalue weighted by molar-refractivity contribution is -0.146. The van der Waals surface area contributed by atoms with E-state index in [0.29, 0.717) is 34.6 Å². The fraction of sp³-hybridized carbons (Fsp3) is 0.200. The van der Waals surface area contributed by atoms with Gasteiger partial charge in [0.25, 0.3) is 5.91 Å². The van der Waals surface area contributed by atoms with E-state index in [1.807, 2.05) is 6.92 Å². The number of nitrogens with one attached hydrogen (secondary N) is 1. The SMILES string of the molecule is CCOc1ccccc1NC(=O)COC(=O)Cc1coc2cc(O)ccc12. The second-order valence-electron chi connectivity index (χ2n) is 5.76. The van der Waals surface area contributed by atoms with Gasteiger partial charge in [0.05, 0.1) is 25.0 Å². The van der Waals surface area contributed by atoms with Crippen molar-refractivity contribution < 1.29 is 28.6 Å². The van der Waals surface area contributed by atoms with Crippen molar-refractivity contribution in [2.75, 3.05) is 18.5 Å². The first-order chi connectivity index (χ1) is 13.1. The first kappa shape index (κ1) is 18.3. The predicted octanol–water partition coefficient (Wildman–Crippen LogP) is 3.26. The molecule has 7 heteroatoms. The Bertz CT molecular complexity index is 962. The minimum absolute atomic E-state index is 0.0411. The summed E-state index contributed by atoms with van der Waals surface area (Å²) in [4.78, 5) is 24.1. The highest BCUT2D eigenvalue weighted by Crippen LogP contribution is 2.26. The third-order valence-electron chi connectivity index (χ3n) is 3.80. The average molecular weight is 369 g/mol. The molecule has 3 rings (SSSR count). The monoisotopic (exact) mass is 369 g/mol. The largest absolute Gasteiger partial charge is 0.508 e. The highest BCUT2D eigenvalue weighted by molar-refractivity contribution is 5.94. The molecule has 0 radical (unpaired) electrons. The van der Waals surface area contributed by atoms with Crippen LogP contribution in [0, 0.1) is 0 Å². The first-order valence-corrected chi connectivity index (χ1v) is 8.43. The molecule has 1 aromatic heterocycles. The van der Waals surface area contributed by atoms with Gasteiger partial charge in [-0.3, -0.25) is 9.59 Å². The van der Waals surface area contributed by atoms with Crippen molar-refractivity contribution >= 4 is 28.5 Å². The summed E-state index contributed by atoms with van der Waals surface area (Å²) < 4.78 is 15.8. The molecule has 0 bridgehead atoms. The third kappa shape index (κ3) is 4.58. The van der Waals surface area contributed by atoms with Crippen molar-refractivity contribution in [2.24, 2.45) is 0 Å². The fourth-order valence-electron chi connectivity index (χ4n) is 2.60. The number of carbonyl (C=O) groups is 2. The fourth-order valence-corrected chi connectivity index (χ4v) is 2.60. The maximum absolute atomic E-state index is 12.0. The molecular formula is C20H19NO6. The molecule has 2 aromatic carbocycles. The summed E-state index contributed by atoms with van der Waals surface area (Å²) in [5, 5.41) is 12.8. The Kier molecular flexibility index (Phi) is 5.61. The first-order valence-electron chi connectivity index (χ1n) is 8.43. The Balaban J connectivity index is 1.55. The van der Waals surface area contributed by atoms with Crippen molar-refractivity contribution in [3.8, 4) is 11.5 Å². The van der Waals surface area contributed by atoms with Gasteiger partial charge in [-0.15, -0.1) is 0 Å². The predicted molar refractivity (Wildman–Crippen MR) is 98.8 cm³/mol. The molecule has 7 nitrogen and oxygen atoms in total. The van der Waals surface area contributed by atoms with Crippen LogP contribution in [0.25, 0.3) is 11.0 Å². The molecule has 0 saturated carbocycles. The van der Waals surface area contributed by atoms with Gasteiger partial charge in [-0.1, -0.05) is 12.1 Å². The van der Waals surface area contributed by atoms with Crippen molar-refractivity contribution in [2.45, 2.75) is 13.3 Å². The van der Waals surface area contributed by atoms with Gasteiger partial charge >= 0.3 is 5.97 Å². The zero-order valence-corrected chi connectivity index (χ0v) is 14.7. The number of anilines is 1. The summed E-state index contributed by atoms with van der Waals surface area (Å²) in [6.45, 7) is 1.91. The lowest BCUT2D eigenvalue weighted by atomic mass is 10.1. The van der Waals surface area contributed by atoms with Gasteiger partial charge in [0, 0.05) is 17.0 Å². The van der Waals surface area contributed by atoms with E-state index in [1.54, 1.807) is 30.3 Å². The van der Waals surface area contributed by atoms with Crippen LogP contribution < -0.4 is 10.1 Å². The zero-order valence-electron chi connectivity index (χ0n) is 14.7. The highest BCUT2D eigenvalue weighted by Gasteiger charge is 2.14. The Labute approximate surface area is 155 Å². The third-order valence-corrected chi connectivity index (χ3v) is 3.80. The number of phenolic OH excluding ortho intramolecular Hbond substituents is 1. The molecule has 1 amide bonds. The summed E-state index contributed by atoms with van der Waals surface area (Å²) >= 11 is 0. The van der Waals surface area contributed by atoms with Gasteiger partial charge in [-0.25, -0.2) is 0 Å². The average Bonchev–Trinajstić information content (AvgIpc) is 3.03. The van der Waals surface area contributed by atoms with Gasteiger partial charge in [0.2, 0.25) is 0 Å². The highest BCUT2D eigenvalue weighted by atomic mass is 16.5. The van der Waals surface area contributed by atoms with E-state index in [0.717, 1.165) is 0 Å². The van der Waals surface area contributed by atoms with Gasteiger partial charge in [-0.05, 0) is 31.2 Å². The number of phenols is 1. The van der Waals surface area contributed by atoms with Crippen LogP contribution in [-0.2, 0) is 20.7 Å². The number of aromatic hydroxyl groups is 1. The quantitative estimate of drug-likeness (QED) is 0.621. The molecule has 0 fully saturated rings. The normalized spacial score (nSPS) is 10.6. The number of fused-ring (bicyclic) bond motifs is 1. The lowest BCUT2D eigenvalue weighted by Gasteiger charge is -2.11. The Morgan fingerprint density at radius 2 is 2.00 bits per heavy atom. The molecule has 0 atom stereocenters. The van der Waals surface area contributed by atoms with E-state index in [4.69, 9.17) is 13.9 Å². The van der Waals surface area contributed by atoms with E-state index in [1.165, 1.54) is 18.4 Å². The molecule has 1 heterocycles. The molecule has 0 spiro atoms. The van der Waals surface area contributed by atoms with E-state index in [-0.39, 0.29) is 12.2 Å². The summed E-state index contributed by atoms with van der Waals surface area (Å²) in [5.41, 5.74) is 1.61. The molecule has 0 unspecified atom stereocenters. The van der Waals surface area contributed by atoms with Crippen LogP contribution in [0.1, 0.15) is 12.5 Å². The van der Waals surface area contributed by atoms with Crippen LogP contribution in [0.2, 0.25) is 0 Å². The minimum atomic E-state index is -0.556. The van der Waals surface area contributed by atoms with E-state index in [2.05, 4.69) is 5.32 Å². The van der Waals surface area contributed by atoms with Crippen molar-refractivity contribution in [3.63, 3.8) is 0 Å². The lowest BCUT2D eigenvalue weighted by Crippen LogP contribution is -2.22. The van der Waals surface area contributed by atoms with E-state index >= 15 is 0 Å². The van der Waals surface area contributed by atoms with Crippen LogP contribution >= 0.6 is 0 Å². The van der Waals surface area contributed by atoms with Crippen molar-refractivity contribution in [1.29, 1.82) is 0 Å². The number of amides is 1.